The minimum atomic E-state index is -0.447. The molecule has 0 aliphatic rings. The highest BCUT2D eigenvalue weighted by atomic mass is 16.6. The summed E-state index contributed by atoms with van der Waals surface area (Å²) in [6.07, 6.45) is 5.38. The van der Waals surface area contributed by atoms with Gasteiger partial charge >= 0.3 is 0 Å². The number of aromatic nitrogens is 1. The second-order valence-corrected chi connectivity index (χ2v) is 3.83. The Bertz CT molecular complexity index is 406. The number of nitrogens with one attached hydrogen (secondary N) is 1. The van der Waals surface area contributed by atoms with Gasteiger partial charge in [0.1, 0.15) is 0 Å². The lowest BCUT2D eigenvalue weighted by molar-refractivity contribution is -0.404. The third-order valence-electron chi connectivity index (χ3n) is 2.41. The Morgan fingerprint density at radius 2 is 2.44 bits per heavy atom. The Balaban J connectivity index is 2.84. The summed E-state index contributed by atoms with van der Waals surface area (Å²) in [5.41, 5.74) is 1.02. The summed E-state index contributed by atoms with van der Waals surface area (Å²) in [4.78, 5) is 16.1. The quantitative estimate of drug-likeness (QED) is 0.587. The van der Waals surface area contributed by atoms with Crippen molar-refractivity contribution >= 4 is 0 Å². The van der Waals surface area contributed by atoms with Crippen molar-refractivity contribution in [3.8, 4) is 0 Å². The summed E-state index contributed by atoms with van der Waals surface area (Å²) in [6, 6.07) is 3.81. The predicted octanol–water partition coefficient (Wildman–Crippen LogP) is 1.59. The molecule has 0 saturated carbocycles. The molecule has 0 amide bonds. The van der Waals surface area contributed by atoms with Crippen LogP contribution in [0.5, 0.6) is 0 Å². The molecule has 0 atom stereocenters. The van der Waals surface area contributed by atoms with Crippen molar-refractivity contribution in [2.45, 2.75) is 19.9 Å². The molecule has 0 spiro atoms. The zero-order valence-corrected chi connectivity index (χ0v) is 10.7. The molecule has 1 aromatic heterocycles. The first-order valence-corrected chi connectivity index (χ1v) is 5.84. The van der Waals surface area contributed by atoms with Crippen LogP contribution in [0.15, 0.2) is 36.5 Å². The van der Waals surface area contributed by atoms with Gasteiger partial charge in [-0.25, -0.2) is 0 Å². The van der Waals surface area contributed by atoms with Crippen molar-refractivity contribution in [2.24, 2.45) is 0 Å². The topological polar surface area (TPSA) is 71.3 Å². The van der Waals surface area contributed by atoms with Crippen LogP contribution in [0.3, 0.4) is 0 Å². The lowest BCUT2D eigenvalue weighted by Crippen LogP contribution is -2.31. The van der Waals surface area contributed by atoms with Crippen LogP contribution in [0, 0.1) is 10.1 Å². The minimum absolute atomic E-state index is 0.447. The predicted molar refractivity (Wildman–Crippen MR) is 69.1 cm³/mol. The highest BCUT2D eigenvalue weighted by Gasteiger charge is 2.11. The maximum absolute atomic E-state index is 10.6. The van der Waals surface area contributed by atoms with Crippen LogP contribution < -0.4 is 5.32 Å². The first-order valence-electron chi connectivity index (χ1n) is 5.84. The van der Waals surface area contributed by atoms with Crippen LogP contribution >= 0.6 is 0 Å². The van der Waals surface area contributed by atoms with Gasteiger partial charge in [-0.2, -0.15) is 0 Å². The number of pyridine rings is 1. The first-order chi connectivity index (χ1) is 8.67. The van der Waals surface area contributed by atoms with Crippen molar-refractivity contribution in [2.75, 3.05) is 13.6 Å². The van der Waals surface area contributed by atoms with E-state index in [0.29, 0.717) is 12.4 Å². The molecular weight excluding hydrogens is 232 g/mol. The van der Waals surface area contributed by atoms with Crippen LogP contribution in [0.1, 0.15) is 18.9 Å². The maximum Gasteiger partial charge on any atom is 0.274 e. The largest absolute Gasteiger partial charge is 0.370 e. The SMILES string of the molecule is CCCN(Cc1cccnc1)C(=C[N+](=O)[O-])NC. The Kier molecular flexibility index (Phi) is 5.63. The Morgan fingerprint density at radius 1 is 1.67 bits per heavy atom. The number of nitrogens with zero attached hydrogens (tertiary/aromatic N) is 3. The molecule has 6 nitrogen and oxygen atoms in total. The molecule has 0 radical (unpaired) electrons. The van der Waals surface area contributed by atoms with Gasteiger partial charge in [0.15, 0.2) is 5.82 Å². The fourth-order valence-electron chi connectivity index (χ4n) is 1.67. The van der Waals surface area contributed by atoms with Crippen molar-refractivity contribution in [1.29, 1.82) is 0 Å². The van der Waals surface area contributed by atoms with E-state index in [2.05, 4.69) is 10.3 Å². The van der Waals surface area contributed by atoms with Crippen molar-refractivity contribution in [1.82, 2.24) is 15.2 Å². The number of hydrogen-bond acceptors (Lipinski definition) is 5. The van der Waals surface area contributed by atoms with Gasteiger partial charge in [0.2, 0.25) is 0 Å². The van der Waals surface area contributed by atoms with E-state index in [0.717, 1.165) is 24.7 Å². The van der Waals surface area contributed by atoms with Gasteiger partial charge in [0.05, 0.1) is 4.92 Å². The third-order valence-corrected chi connectivity index (χ3v) is 2.41. The van der Waals surface area contributed by atoms with Gasteiger partial charge in [0.25, 0.3) is 6.20 Å². The monoisotopic (exact) mass is 250 g/mol. The summed E-state index contributed by atoms with van der Waals surface area (Å²) < 4.78 is 0. The van der Waals surface area contributed by atoms with E-state index >= 15 is 0 Å². The molecule has 0 aliphatic carbocycles. The number of rotatable bonds is 7. The molecule has 1 heterocycles. The molecule has 6 heteroatoms. The Labute approximate surface area is 106 Å². The van der Waals surface area contributed by atoms with Gasteiger partial charge < -0.3 is 10.2 Å². The van der Waals surface area contributed by atoms with Gasteiger partial charge in [-0.3, -0.25) is 15.1 Å². The summed E-state index contributed by atoms with van der Waals surface area (Å²) in [6.45, 7) is 3.38. The van der Waals surface area contributed by atoms with Gasteiger partial charge in [0, 0.05) is 32.5 Å². The van der Waals surface area contributed by atoms with Crippen molar-refractivity contribution < 1.29 is 4.92 Å². The van der Waals surface area contributed by atoms with Gasteiger partial charge in [-0.05, 0) is 18.1 Å². The average molecular weight is 250 g/mol. The fraction of sp³-hybridized carbons (Fsp3) is 0.417. The average Bonchev–Trinajstić information content (AvgIpc) is 2.36. The zero-order chi connectivity index (χ0) is 13.4. The van der Waals surface area contributed by atoms with Crippen LogP contribution in [0.25, 0.3) is 0 Å². The van der Waals surface area contributed by atoms with Crippen LogP contribution in [-0.2, 0) is 6.54 Å². The van der Waals surface area contributed by atoms with Gasteiger partial charge in [-0.15, -0.1) is 0 Å². The van der Waals surface area contributed by atoms with Crippen LogP contribution in [0.2, 0.25) is 0 Å². The lowest BCUT2D eigenvalue weighted by atomic mass is 10.2. The second kappa shape index (κ2) is 7.26. The van der Waals surface area contributed by atoms with E-state index in [1.54, 1.807) is 19.4 Å². The van der Waals surface area contributed by atoms with Crippen molar-refractivity contribution in [3.05, 3.63) is 52.2 Å². The fourth-order valence-corrected chi connectivity index (χ4v) is 1.67. The Hall–Kier alpha value is -2.11. The molecule has 1 rings (SSSR count). The van der Waals surface area contributed by atoms with Gasteiger partial charge in [-0.1, -0.05) is 13.0 Å². The zero-order valence-electron chi connectivity index (χ0n) is 10.7. The summed E-state index contributed by atoms with van der Waals surface area (Å²) >= 11 is 0. The molecule has 1 aromatic rings. The molecule has 98 valence electrons. The smallest absolute Gasteiger partial charge is 0.274 e. The molecule has 1 N–H and O–H groups in total. The first kappa shape index (κ1) is 14.0. The summed E-state index contributed by atoms with van der Waals surface area (Å²) in [5.74, 6) is 0.505. The highest BCUT2D eigenvalue weighted by molar-refractivity contribution is 5.10. The molecule has 0 saturated heterocycles. The lowest BCUT2D eigenvalue weighted by Gasteiger charge is -2.24. The normalized spacial score (nSPS) is 11.1. The summed E-state index contributed by atoms with van der Waals surface area (Å²) in [7, 11) is 1.68. The molecule has 18 heavy (non-hydrogen) atoms. The minimum Gasteiger partial charge on any atom is -0.370 e. The second-order valence-electron chi connectivity index (χ2n) is 3.83. The van der Waals surface area contributed by atoms with E-state index in [-0.39, 0.29) is 0 Å². The van der Waals surface area contributed by atoms with E-state index in [1.165, 1.54) is 0 Å². The summed E-state index contributed by atoms with van der Waals surface area (Å²) in [5, 5.41) is 13.4. The highest BCUT2D eigenvalue weighted by Crippen LogP contribution is 2.09. The van der Waals surface area contributed by atoms with Crippen molar-refractivity contribution in [3.63, 3.8) is 0 Å². The number of nitro groups is 1. The van der Waals surface area contributed by atoms with Crippen LogP contribution in [0.4, 0.5) is 0 Å². The maximum atomic E-state index is 10.6. The van der Waals surface area contributed by atoms with E-state index in [4.69, 9.17) is 0 Å². The molecule has 0 unspecified atom stereocenters. The molecule has 0 aliphatic heterocycles. The molecule has 0 aromatic carbocycles. The van der Waals surface area contributed by atoms with Crippen LogP contribution in [-0.4, -0.2) is 28.4 Å². The number of hydrogen-bond donors (Lipinski definition) is 1. The third kappa shape index (κ3) is 4.40. The molecule has 0 bridgehead atoms. The Morgan fingerprint density at radius 3 is 2.94 bits per heavy atom. The molecule has 0 fully saturated rings. The molecular formula is C12H18N4O2. The van der Waals surface area contributed by atoms with E-state index < -0.39 is 4.92 Å². The standard InChI is InChI=1S/C12H18N4O2/c1-3-7-15(12(13-2)10-16(17)18)9-11-5-4-6-14-8-11/h4-6,8,10,13H,3,7,9H2,1-2H3. The van der Waals surface area contributed by atoms with E-state index in [1.807, 2.05) is 24.0 Å². The van der Waals surface area contributed by atoms with E-state index in [9.17, 15) is 10.1 Å².